The summed E-state index contributed by atoms with van der Waals surface area (Å²) in [7, 11) is 1.60. The molecule has 0 saturated heterocycles. The minimum absolute atomic E-state index is 0.229. The lowest BCUT2D eigenvalue weighted by atomic mass is 9.92. The molecule has 1 unspecified atom stereocenters. The molecule has 1 atom stereocenters. The zero-order valence-electron chi connectivity index (χ0n) is 11.0. The van der Waals surface area contributed by atoms with Crippen LogP contribution in [0.2, 0.25) is 0 Å². The van der Waals surface area contributed by atoms with E-state index < -0.39 is 5.54 Å². The third kappa shape index (κ3) is 3.08. The maximum absolute atomic E-state index is 10.6. The topological polar surface area (TPSA) is 74.0 Å². The van der Waals surface area contributed by atoms with Crippen LogP contribution in [0.4, 0.5) is 0 Å². The Kier molecular flexibility index (Phi) is 3.80. The van der Waals surface area contributed by atoms with E-state index in [-0.39, 0.29) is 18.1 Å². The van der Waals surface area contributed by atoms with Crippen LogP contribution in [0.15, 0.2) is 29.3 Å². The largest absolute Gasteiger partial charge is 0.497 e. The summed E-state index contributed by atoms with van der Waals surface area (Å²) in [6.07, 6.45) is 0. The Labute approximate surface area is 111 Å². The molecule has 19 heavy (non-hydrogen) atoms. The lowest BCUT2D eigenvalue weighted by molar-refractivity contribution is -0.463. The minimum Gasteiger partial charge on any atom is -0.497 e. The predicted molar refractivity (Wildman–Crippen MR) is 70.5 cm³/mol. The van der Waals surface area contributed by atoms with E-state index in [0.29, 0.717) is 12.3 Å². The first-order valence-corrected chi connectivity index (χ1v) is 5.95. The van der Waals surface area contributed by atoms with Gasteiger partial charge in [-0.05, 0) is 24.6 Å². The average Bonchev–Trinajstić information content (AvgIpc) is 2.38. The molecule has 6 heteroatoms. The monoisotopic (exact) mass is 264 g/mol. The smallest absolute Gasteiger partial charge is 0.243 e. The number of rotatable bonds is 4. The average molecular weight is 264 g/mol. The van der Waals surface area contributed by atoms with Crippen molar-refractivity contribution in [3.63, 3.8) is 0 Å². The number of aliphatic imine (C=N–C) groups is 1. The zero-order valence-corrected chi connectivity index (χ0v) is 11.0. The molecular weight excluding hydrogens is 248 g/mol. The summed E-state index contributed by atoms with van der Waals surface area (Å²) in [6.45, 7) is 2.28. The number of nitrogens with zero attached hydrogens (tertiary/aromatic N) is 2. The van der Waals surface area contributed by atoms with Crippen molar-refractivity contribution in [3.8, 4) is 5.75 Å². The molecule has 0 spiro atoms. The standard InChI is InChI=1S/C13H16N2O4/c1-13(10-3-5-12(18-2)6-4-10)9-19-8-11(14-13)7-15(16)17/h3-6H,7-9H2,1-2H3. The Morgan fingerprint density at radius 3 is 2.74 bits per heavy atom. The van der Waals surface area contributed by atoms with Gasteiger partial charge in [-0.1, -0.05) is 12.1 Å². The molecule has 0 saturated carbocycles. The van der Waals surface area contributed by atoms with E-state index in [4.69, 9.17) is 9.47 Å². The van der Waals surface area contributed by atoms with Gasteiger partial charge in [0.05, 0.1) is 20.3 Å². The molecule has 0 radical (unpaired) electrons. The van der Waals surface area contributed by atoms with Gasteiger partial charge in [0.25, 0.3) is 0 Å². The minimum atomic E-state index is -0.574. The molecule has 0 amide bonds. The molecule has 102 valence electrons. The van der Waals surface area contributed by atoms with Crippen molar-refractivity contribution in [2.24, 2.45) is 4.99 Å². The molecule has 1 heterocycles. The molecule has 1 aliphatic heterocycles. The third-order valence-electron chi connectivity index (χ3n) is 3.08. The molecule has 0 fully saturated rings. The maximum atomic E-state index is 10.6. The number of ether oxygens (including phenoxy) is 2. The summed E-state index contributed by atoms with van der Waals surface area (Å²) in [5.74, 6) is 0.763. The number of nitro groups is 1. The molecule has 0 N–H and O–H groups in total. The molecule has 1 aromatic carbocycles. The fourth-order valence-corrected chi connectivity index (χ4v) is 2.11. The summed E-state index contributed by atoms with van der Waals surface area (Å²) >= 11 is 0. The van der Waals surface area contributed by atoms with E-state index in [9.17, 15) is 10.1 Å². The van der Waals surface area contributed by atoms with E-state index in [1.165, 1.54) is 0 Å². The summed E-state index contributed by atoms with van der Waals surface area (Å²) in [6, 6.07) is 7.50. The van der Waals surface area contributed by atoms with Gasteiger partial charge >= 0.3 is 0 Å². The van der Waals surface area contributed by atoms with Crippen LogP contribution in [0.5, 0.6) is 5.75 Å². The van der Waals surface area contributed by atoms with Crippen molar-refractivity contribution < 1.29 is 14.4 Å². The lowest BCUT2D eigenvalue weighted by Gasteiger charge is -2.30. The first-order valence-electron chi connectivity index (χ1n) is 5.95. The van der Waals surface area contributed by atoms with Crippen LogP contribution >= 0.6 is 0 Å². The molecule has 1 aliphatic rings. The van der Waals surface area contributed by atoms with Crippen LogP contribution < -0.4 is 4.74 Å². The van der Waals surface area contributed by atoms with E-state index in [2.05, 4.69) is 4.99 Å². The van der Waals surface area contributed by atoms with Crippen LogP contribution in [0.3, 0.4) is 0 Å². The maximum Gasteiger partial charge on any atom is 0.243 e. The van der Waals surface area contributed by atoms with Gasteiger partial charge in [-0.3, -0.25) is 15.1 Å². The molecule has 0 aliphatic carbocycles. The quantitative estimate of drug-likeness (QED) is 0.612. The highest BCUT2D eigenvalue weighted by Gasteiger charge is 2.31. The normalized spacial score (nSPS) is 22.7. The highest BCUT2D eigenvalue weighted by Crippen LogP contribution is 2.29. The Hall–Kier alpha value is -1.95. The first kappa shape index (κ1) is 13.5. The molecule has 0 bridgehead atoms. The first-order chi connectivity index (χ1) is 9.03. The van der Waals surface area contributed by atoms with Gasteiger partial charge in [0.1, 0.15) is 17.0 Å². The summed E-state index contributed by atoms with van der Waals surface area (Å²) in [4.78, 5) is 14.7. The van der Waals surface area contributed by atoms with E-state index >= 15 is 0 Å². The number of benzene rings is 1. The van der Waals surface area contributed by atoms with Crippen molar-refractivity contribution in [1.29, 1.82) is 0 Å². The van der Waals surface area contributed by atoms with Crippen molar-refractivity contribution in [3.05, 3.63) is 39.9 Å². The highest BCUT2D eigenvalue weighted by atomic mass is 16.6. The Bertz CT molecular complexity index is 498. The molecular formula is C13H16N2O4. The van der Waals surface area contributed by atoms with Gasteiger partial charge in [0.2, 0.25) is 6.54 Å². The second-order valence-electron chi connectivity index (χ2n) is 4.66. The molecule has 1 aromatic rings. The van der Waals surface area contributed by atoms with E-state index in [1.54, 1.807) is 7.11 Å². The SMILES string of the molecule is COc1ccc(C2(C)COCC(C[N+](=O)[O-])=N2)cc1. The number of methoxy groups -OCH3 is 1. The second-order valence-corrected chi connectivity index (χ2v) is 4.66. The fourth-order valence-electron chi connectivity index (χ4n) is 2.11. The van der Waals surface area contributed by atoms with Crippen LogP contribution in [0, 0.1) is 10.1 Å². The van der Waals surface area contributed by atoms with Crippen LogP contribution in [-0.2, 0) is 10.3 Å². The fraction of sp³-hybridized carbons (Fsp3) is 0.462. The highest BCUT2D eigenvalue weighted by molar-refractivity contribution is 5.87. The zero-order chi connectivity index (χ0) is 13.9. The van der Waals surface area contributed by atoms with Crippen molar-refractivity contribution in [1.82, 2.24) is 0 Å². The van der Waals surface area contributed by atoms with Gasteiger partial charge in [-0.25, -0.2) is 0 Å². The van der Waals surface area contributed by atoms with Crippen LogP contribution in [-0.4, -0.2) is 37.5 Å². The van der Waals surface area contributed by atoms with Gasteiger partial charge in [0, 0.05) is 4.92 Å². The number of hydrogen-bond acceptors (Lipinski definition) is 5. The van der Waals surface area contributed by atoms with Crippen molar-refractivity contribution >= 4 is 5.71 Å². The van der Waals surface area contributed by atoms with Crippen molar-refractivity contribution in [2.75, 3.05) is 26.9 Å². The van der Waals surface area contributed by atoms with E-state index in [1.807, 2.05) is 31.2 Å². The molecule has 2 rings (SSSR count). The van der Waals surface area contributed by atoms with Gasteiger partial charge in [-0.2, -0.15) is 0 Å². The van der Waals surface area contributed by atoms with E-state index in [0.717, 1.165) is 11.3 Å². The summed E-state index contributed by atoms with van der Waals surface area (Å²) < 4.78 is 10.5. The van der Waals surface area contributed by atoms with Gasteiger partial charge in [-0.15, -0.1) is 0 Å². The Morgan fingerprint density at radius 1 is 1.47 bits per heavy atom. The predicted octanol–water partition coefficient (Wildman–Crippen LogP) is 1.66. The van der Waals surface area contributed by atoms with Crippen molar-refractivity contribution in [2.45, 2.75) is 12.5 Å². The molecule has 6 nitrogen and oxygen atoms in total. The number of hydrogen-bond donors (Lipinski definition) is 0. The van der Waals surface area contributed by atoms with Gasteiger partial charge < -0.3 is 9.47 Å². The second kappa shape index (κ2) is 5.36. The van der Waals surface area contributed by atoms with Crippen LogP contribution in [0.25, 0.3) is 0 Å². The Morgan fingerprint density at radius 2 is 2.16 bits per heavy atom. The lowest BCUT2D eigenvalue weighted by Crippen LogP contribution is -2.36. The van der Waals surface area contributed by atoms with Crippen LogP contribution in [0.1, 0.15) is 12.5 Å². The third-order valence-corrected chi connectivity index (χ3v) is 3.08. The molecule has 0 aromatic heterocycles. The summed E-state index contributed by atoms with van der Waals surface area (Å²) in [5.41, 5.74) is 0.846. The summed E-state index contributed by atoms with van der Waals surface area (Å²) in [5, 5.41) is 10.6. The van der Waals surface area contributed by atoms with Gasteiger partial charge in [0.15, 0.2) is 0 Å². The Balaban J connectivity index is 2.27.